The predicted molar refractivity (Wildman–Crippen MR) is 134 cm³/mol. The summed E-state index contributed by atoms with van der Waals surface area (Å²) < 4.78 is 17.4. The molecule has 1 atom stereocenters. The van der Waals surface area contributed by atoms with Gasteiger partial charge in [-0.2, -0.15) is 5.10 Å². The highest BCUT2D eigenvalue weighted by molar-refractivity contribution is 6.08. The Kier molecular flexibility index (Phi) is 5.13. The highest BCUT2D eigenvalue weighted by Gasteiger charge is 2.34. The van der Waals surface area contributed by atoms with Gasteiger partial charge in [-0.15, -0.1) is 0 Å². The number of hydrogen-bond donors (Lipinski definition) is 1. The third-order valence-corrected chi connectivity index (χ3v) is 6.50. The quantitative estimate of drug-likeness (QED) is 0.572. The van der Waals surface area contributed by atoms with Crippen LogP contribution >= 0.6 is 0 Å². The summed E-state index contributed by atoms with van der Waals surface area (Å²) >= 11 is 0. The first kappa shape index (κ1) is 21.5. The van der Waals surface area contributed by atoms with Crippen molar-refractivity contribution in [3.8, 4) is 17.2 Å². The fraction of sp³-hybridized carbons (Fsp3) is 0.286. The van der Waals surface area contributed by atoms with Gasteiger partial charge in [0.2, 0.25) is 0 Å². The standard InChI is InChI=1S/C28H27N3O4/c1-28(2)16-20-14-21(9-11-23(20)35-28)29-27(32)31-17-22(18-6-4-3-5-7-18)26(30-31)19-8-10-24-25(15-19)34-13-12-33-24/h3-11,14-15,22H,12-13,16-17H2,1-2H3,(H,29,32). The maximum Gasteiger partial charge on any atom is 0.342 e. The molecule has 7 nitrogen and oxygen atoms in total. The third-order valence-electron chi connectivity index (χ3n) is 6.50. The number of carbonyl (C=O) groups excluding carboxylic acids is 1. The van der Waals surface area contributed by atoms with E-state index in [-0.39, 0.29) is 17.6 Å². The molecule has 6 rings (SSSR count). The smallest absolute Gasteiger partial charge is 0.342 e. The van der Waals surface area contributed by atoms with Crippen molar-refractivity contribution in [1.82, 2.24) is 5.01 Å². The molecule has 0 radical (unpaired) electrons. The topological polar surface area (TPSA) is 72.4 Å². The van der Waals surface area contributed by atoms with Crippen LogP contribution in [0.25, 0.3) is 0 Å². The lowest BCUT2D eigenvalue weighted by atomic mass is 9.90. The van der Waals surface area contributed by atoms with Crippen LogP contribution < -0.4 is 19.5 Å². The first-order valence-corrected chi connectivity index (χ1v) is 11.9. The van der Waals surface area contributed by atoms with Crippen LogP contribution in [0.4, 0.5) is 10.5 Å². The zero-order valence-electron chi connectivity index (χ0n) is 19.8. The van der Waals surface area contributed by atoms with Crippen molar-refractivity contribution in [2.24, 2.45) is 5.10 Å². The molecular formula is C28H27N3O4. The van der Waals surface area contributed by atoms with E-state index in [1.54, 1.807) is 0 Å². The van der Waals surface area contributed by atoms with Gasteiger partial charge in [0.25, 0.3) is 0 Å². The zero-order valence-corrected chi connectivity index (χ0v) is 19.8. The minimum absolute atomic E-state index is 0.0567. The summed E-state index contributed by atoms with van der Waals surface area (Å²) in [7, 11) is 0. The Balaban J connectivity index is 1.28. The maximum atomic E-state index is 13.3. The Hall–Kier alpha value is -4.00. The second-order valence-corrected chi connectivity index (χ2v) is 9.68. The van der Waals surface area contributed by atoms with Gasteiger partial charge < -0.3 is 19.5 Å². The fourth-order valence-corrected chi connectivity index (χ4v) is 4.91. The number of urea groups is 1. The number of rotatable bonds is 3. The molecule has 0 saturated heterocycles. The zero-order chi connectivity index (χ0) is 24.0. The van der Waals surface area contributed by atoms with Gasteiger partial charge in [0, 0.05) is 29.2 Å². The van der Waals surface area contributed by atoms with Crippen molar-refractivity contribution < 1.29 is 19.0 Å². The van der Waals surface area contributed by atoms with E-state index in [4.69, 9.17) is 19.3 Å². The van der Waals surface area contributed by atoms with Crippen LogP contribution in [0.1, 0.15) is 36.5 Å². The molecule has 3 aliphatic heterocycles. The number of hydrogen-bond acceptors (Lipinski definition) is 5. The molecule has 0 saturated carbocycles. The molecule has 2 amide bonds. The van der Waals surface area contributed by atoms with Crippen molar-refractivity contribution >= 4 is 17.4 Å². The number of nitrogens with zero attached hydrogens (tertiary/aromatic N) is 2. The molecule has 7 heteroatoms. The van der Waals surface area contributed by atoms with E-state index in [0.29, 0.717) is 25.5 Å². The molecule has 0 aliphatic carbocycles. The SMILES string of the molecule is CC1(C)Cc2cc(NC(=O)N3CC(c4ccccc4)C(c4ccc5c(c4)OCCO5)=N3)ccc2O1. The number of ether oxygens (including phenoxy) is 3. The van der Waals surface area contributed by atoms with Crippen LogP contribution in [-0.2, 0) is 6.42 Å². The number of hydrazone groups is 1. The van der Waals surface area contributed by atoms with Crippen molar-refractivity contribution in [3.05, 3.63) is 83.4 Å². The van der Waals surface area contributed by atoms with Gasteiger partial charge in [0.15, 0.2) is 11.5 Å². The highest BCUT2D eigenvalue weighted by Crippen LogP contribution is 2.37. The summed E-state index contributed by atoms with van der Waals surface area (Å²) in [5.74, 6) is 2.25. The molecule has 178 valence electrons. The monoisotopic (exact) mass is 469 g/mol. The molecule has 0 bridgehead atoms. The molecule has 0 fully saturated rings. The van der Waals surface area contributed by atoms with Gasteiger partial charge in [0.05, 0.1) is 12.3 Å². The Morgan fingerprint density at radius 3 is 2.57 bits per heavy atom. The molecule has 3 heterocycles. The van der Waals surface area contributed by atoms with E-state index >= 15 is 0 Å². The Bertz CT molecular complexity index is 1320. The molecule has 3 aromatic rings. The number of carbonyl (C=O) groups is 1. The van der Waals surface area contributed by atoms with E-state index in [0.717, 1.165) is 46.0 Å². The Labute approximate surface area is 204 Å². The first-order valence-electron chi connectivity index (χ1n) is 11.9. The number of nitrogens with one attached hydrogen (secondary N) is 1. The normalized spacial score (nSPS) is 19.5. The largest absolute Gasteiger partial charge is 0.487 e. The lowest BCUT2D eigenvalue weighted by Gasteiger charge is -2.20. The second kappa shape index (κ2) is 8.34. The Morgan fingerprint density at radius 1 is 0.971 bits per heavy atom. The van der Waals surface area contributed by atoms with Crippen molar-refractivity contribution in [1.29, 1.82) is 0 Å². The summed E-state index contributed by atoms with van der Waals surface area (Å²) in [4.78, 5) is 13.3. The van der Waals surface area contributed by atoms with Gasteiger partial charge >= 0.3 is 6.03 Å². The number of benzene rings is 3. The van der Waals surface area contributed by atoms with Gasteiger partial charge in [-0.25, -0.2) is 9.80 Å². The van der Waals surface area contributed by atoms with Crippen LogP contribution in [0.5, 0.6) is 17.2 Å². The van der Waals surface area contributed by atoms with E-state index in [9.17, 15) is 4.79 Å². The van der Waals surface area contributed by atoms with Crippen LogP contribution in [0, 0.1) is 0 Å². The van der Waals surface area contributed by atoms with Crippen LogP contribution in [0.15, 0.2) is 71.8 Å². The average molecular weight is 470 g/mol. The molecule has 35 heavy (non-hydrogen) atoms. The predicted octanol–water partition coefficient (Wildman–Crippen LogP) is 5.21. The molecule has 3 aliphatic rings. The molecule has 1 unspecified atom stereocenters. The van der Waals surface area contributed by atoms with E-state index < -0.39 is 0 Å². The highest BCUT2D eigenvalue weighted by atomic mass is 16.6. The minimum atomic E-state index is -0.267. The lowest BCUT2D eigenvalue weighted by Crippen LogP contribution is -2.30. The van der Waals surface area contributed by atoms with Crippen molar-refractivity contribution in [3.63, 3.8) is 0 Å². The summed E-state index contributed by atoms with van der Waals surface area (Å²) in [5, 5.41) is 9.30. The summed E-state index contributed by atoms with van der Waals surface area (Å²) in [5.41, 5.74) is 4.44. The van der Waals surface area contributed by atoms with E-state index in [1.165, 1.54) is 5.01 Å². The maximum absolute atomic E-state index is 13.3. The van der Waals surface area contributed by atoms with Gasteiger partial charge in [-0.3, -0.25) is 0 Å². The Morgan fingerprint density at radius 2 is 1.74 bits per heavy atom. The molecule has 0 aromatic heterocycles. The minimum Gasteiger partial charge on any atom is -0.487 e. The number of fused-ring (bicyclic) bond motifs is 2. The fourth-order valence-electron chi connectivity index (χ4n) is 4.91. The summed E-state index contributed by atoms with van der Waals surface area (Å²) in [6.07, 6.45) is 0.804. The van der Waals surface area contributed by atoms with Crippen LogP contribution in [-0.4, -0.2) is 42.1 Å². The van der Waals surface area contributed by atoms with Gasteiger partial charge in [-0.05, 0) is 55.8 Å². The molecule has 0 spiro atoms. The van der Waals surface area contributed by atoms with Crippen LogP contribution in [0.3, 0.4) is 0 Å². The van der Waals surface area contributed by atoms with Crippen LogP contribution in [0.2, 0.25) is 0 Å². The molecule has 1 N–H and O–H groups in total. The lowest BCUT2D eigenvalue weighted by molar-refractivity contribution is 0.138. The first-order chi connectivity index (χ1) is 16.9. The van der Waals surface area contributed by atoms with E-state index in [1.807, 2.05) is 54.6 Å². The molecular weight excluding hydrogens is 442 g/mol. The summed E-state index contributed by atoms with van der Waals surface area (Å²) in [6.45, 7) is 5.63. The molecule has 3 aromatic carbocycles. The summed E-state index contributed by atoms with van der Waals surface area (Å²) in [6, 6.07) is 21.5. The third kappa shape index (κ3) is 4.18. The van der Waals surface area contributed by atoms with Gasteiger partial charge in [0.1, 0.15) is 24.6 Å². The second-order valence-electron chi connectivity index (χ2n) is 9.68. The average Bonchev–Trinajstić information content (AvgIpc) is 3.44. The van der Waals surface area contributed by atoms with Crippen molar-refractivity contribution in [2.75, 3.05) is 25.1 Å². The van der Waals surface area contributed by atoms with Gasteiger partial charge in [-0.1, -0.05) is 30.3 Å². The number of amides is 2. The van der Waals surface area contributed by atoms with Crippen molar-refractivity contribution in [2.45, 2.75) is 31.8 Å². The number of anilines is 1. The van der Waals surface area contributed by atoms with E-state index in [2.05, 4.69) is 31.3 Å².